The molecule has 0 saturated carbocycles. The highest BCUT2D eigenvalue weighted by Gasteiger charge is 2.29. The number of fused-ring (bicyclic) bond motifs is 2. The van der Waals surface area contributed by atoms with E-state index < -0.39 is 0 Å². The minimum absolute atomic E-state index is 0.216. The number of rotatable bonds is 2. The van der Waals surface area contributed by atoms with Crippen LogP contribution in [0.5, 0.6) is 0 Å². The number of aromatic nitrogens is 4. The molecule has 3 aromatic rings. The summed E-state index contributed by atoms with van der Waals surface area (Å²) in [5, 5.41) is 7.73. The normalized spacial score (nSPS) is 13.9. The van der Waals surface area contributed by atoms with Crippen LogP contribution >= 0.6 is 11.8 Å². The molecule has 25 heavy (non-hydrogen) atoms. The van der Waals surface area contributed by atoms with E-state index in [2.05, 4.69) is 36.1 Å². The molecule has 0 radical (unpaired) electrons. The number of carbonyl (C=O) groups is 1. The maximum atomic E-state index is 12.8. The maximum absolute atomic E-state index is 12.8. The van der Waals surface area contributed by atoms with Gasteiger partial charge in [0.15, 0.2) is 0 Å². The molecule has 128 valence electrons. The van der Waals surface area contributed by atoms with Gasteiger partial charge >= 0.3 is 0 Å². The third kappa shape index (κ3) is 2.89. The van der Waals surface area contributed by atoms with Crippen molar-refractivity contribution >= 4 is 34.5 Å². The van der Waals surface area contributed by atoms with E-state index in [-0.39, 0.29) is 11.4 Å². The zero-order chi connectivity index (χ0) is 17.6. The van der Waals surface area contributed by atoms with Crippen LogP contribution < -0.4 is 5.32 Å². The van der Waals surface area contributed by atoms with Gasteiger partial charge in [-0.15, -0.1) is 0 Å². The molecule has 1 amide bonds. The van der Waals surface area contributed by atoms with E-state index in [1.807, 2.05) is 40.7 Å². The summed E-state index contributed by atoms with van der Waals surface area (Å²) in [6.45, 7) is 6.23. The Bertz CT molecular complexity index is 973. The fraction of sp³-hybridized carbons (Fsp3) is 0.333. The average Bonchev–Trinajstić information content (AvgIpc) is 3.16. The smallest absolute Gasteiger partial charge is 0.277 e. The van der Waals surface area contributed by atoms with Gasteiger partial charge in [0.25, 0.3) is 5.91 Å². The molecule has 1 aromatic carbocycles. The minimum atomic E-state index is -0.261. The molecule has 0 fully saturated rings. The second kappa shape index (κ2) is 5.84. The van der Waals surface area contributed by atoms with Crippen LogP contribution in [0, 0.1) is 0 Å². The Balaban J connectivity index is 1.70. The molecule has 0 aliphatic carbocycles. The van der Waals surface area contributed by atoms with E-state index in [9.17, 15) is 4.79 Å². The van der Waals surface area contributed by atoms with E-state index in [0.29, 0.717) is 11.2 Å². The SMILES string of the molecule is CC(C)(C)n1nc2c(c1NC(=O)c1cnc3ccccc3n1)CSC2. The van der Waals surface area contributed by atoms with Gasteiger partial charge in [0, 0.05) is 17.1 Å². The third-order valence-electron chi connectivity index (χ3n) is 4.10. The number of nitrogens with one attached hydrogen (secondary N) is 1. The van der Waals surface area contributed by atoms with Crippen molar-refractivity contribution in [1.82, 2.24) is 19.7 Å². The fourth-order valence-electron chi connectivity index (χ4n) is 2.86. The molecule has 3 heterocycles. The zero-order valence-corrected chi connectivity index (χ0v) is 15.2. The lowest BCUT2D eigenvalue weighted by atomic mass is 10.1. The zero-order valence-electron chi connectivity index (χ0n) is 14.4. The van der Waals surface area contributed by atoms with E-state index in [1.54, 1.807) is 0 Å². The first kappa shape index (κ1) is 16.1. The first-order chi connectivity index (χ1) is 11.9. The van der Waals surface area contributed by atoms with Gasteiger partial charge in [-0.25, -0.2) is 9.67 Å². The van der Waals surface area contributed by atoms with Gasteiger partial charge in [0.2, 0.25) is 0 Å². The second-order valence-electron chi connectivity index (χ2n) is 7.05. The Morgan fingerprint density at radius 2 is 1.96 bits per heavy atom. The maximum Gasteiger partial charge on any atom is 0.277 e. The number of amides is 1. The number of thioether (sulfide) groups is 1. The fourth-order valence-corrected chi connectivity index (χ4v) is 3.90. The van der Waals surface area contributed by atoms with Gasteiger partial charge < -0.3 is 5.32 Å². The molecule has 0 saturated heterocycles. The third-order valence-corrected chi connectivity index (χ3v) is 5.07. The quantitative estimate of drug-likeness (QED) is 0.762. The molecule has 0 bridgehead atoms. The van der Waals surface area contributed by atoms with Crippen LogP contribution in [0.4, 0.5) is 5.82 Å². The second-order valence-corrected chi connectivity index (χ2v) is 8.03. The van der Waals surface area contributed by atoms with Crippen molar-refractivity contribution in [1.29, 1.82) is 0 Å². The summed E-state index contributed by atoms with van der Waals surface area (Å²) in [4.78, 5) is 21.5. The van der Waals surface area contributed by atoms with Gasteiger partial charge in [0.1, 0.15) is 11.5 Å². The molecule has 6 nitrogen and oxygen atoms in total. The summed E-state index contributed by atoms with van der Waals surface area (Å²) in [5.41, 5.74) is 3.74. The predicted molar refractivity (Wildman–Crippen MR) is 99.7 cm³/mol. The lowest BCUT2D eigenvalue weighted by Gasteiger charge is -2.23. The number of hydrogen-bond donors (Lipinski definition) is 1. The number of anilines is 1. The van der Waals surface area contributed by atoms with E-state index in [1.165, 1.54) is 6.20 Å². The Labute approximate surface area is 150 Å². The van der Waals surface area contributed by atoms with Crippen molar-refractivity contribution in [3.63, 3.8) is 0 Å². The number of carbonyl (C=O) groups excluding carboxylic acids is 1. The minimum Gasteiger partial charge on any atom is -0.305 e. The summed E-state index contributed by atoms with van der Waals surface area (Å²) >= 11 is 1.81. The molecule has 1 aliphatic rings. The number of nitrogens with zero attached hydrogens (tertiary/aromatic N) is 4. The van der Waals surface area contributed by atoms with Crippen molar-refractivity contribution < 1.29 is 4.79 Å². The molecule has 1 aliphatic heterocycles. The summed E-state index contributed by atoms with van der Waals surface area (Å²) in [6.07, 6.45) is 1.52. The number of hydrogen-bond acceptors (Lipinski definition) is 5. The molecule has 4 rings (SSSR count). The Hall–Kier alpha value is -2.41. The molecule has 0 unspecified atom stereocenters. The van der Waals surface area contributed by atoms with Crippen LogP contribution in [0.1, 0.15) is 42.5 Å². The van der Waals surface area contributed by atoms with Crippen LogP contribution in [0.15, 0.2) is 30.5 Å². The molecule has 0 spiro atoms. The van der Waals surface area contributed by atoms with E-state index >= 15 is 0 Å². The average molecular weight is 353 g/mol. The summed E-state index contributed by atoms with van der Waals surface area (Å²) in [6, 6.07) is 7.52. The van der Waals surface area contributed by atoms with E-state index in [0.717, 1.165) is 34.1 Å². The highest BCUT2D eigenvalue weighted by Crippen LogP contribution is 2.37. The number of benzene rings is 1. The Morgan fingerprint density at radius 1 is 1.20 bits per heavy atom. The van der Waals surface area contributed by atoms with Crippen molar-refractivity contribution in [2.45, 2.75) is 37.8 Å². The van der Waals surface area contributed by atoms with Gasteiger partial charge in [-0.3, -0.25) is 9.78 Å². The van der Waals surface area contributed by atoms with Gasteiger partial charge in [-0.1, -0.05) is 12.1 Å². The highest BCUT2D eigenvalue weighted by molar-refractivity contribution is 7.98. The van der Waals surface area contributed by atoms with Crippen LogP contribution in [0.2, 0.25) is 0 Å². The Kier molecular flexibility index (Phi) is 3.76. The molecule has 0 atom stereocenters. The van der Waals surface area contributed by atoms with Crippen LogP contribution in [0.3, 0.4) is 0 Å². The summed E-state index contributed by atoms with van der Waals surface area (Å²) < 4.78 is 1.91. The van der Waals surface area contributed by atoms with Crippen LogP contribution in [-0.2, 0) is 17.0 Å². The lowest BCUT2D eigenvalue weighted by molar-refractivity contribution is 0.102. The van der Waals surface area contributed by atoms with Gasteiger partial charge in [0.05, 0.1) is 28.5 Å². The topological polar surface area (TPSA) is 72.7 Å². The molecular weight excluding hydrogens is 334 g/mol. The summed E-state index contributed by atoms with van der Waals surface area (Å²) in [7, 11) is 0. The Morgan fingerprint density at radius 3 is 2.72 bits per heavy atom. The van der Waals surface area contributed by atoms with Gasteiger partial charge in [-0.05, 0) is 32.9 Å². The van der Waals surface area contributed by atoms with Gasteiger partial charge in [-0.2, -0.15) is 16.9 Å². The predicted octanol–water partition coefficient (Wildman–Crippen LogP) is 3.58. The molecule has 7 heteroatoms. The van der Waals surface area contributed by atoms with Crippen molar-refractivity contribution in [2.75, 3.05) is 5.32 Å². The largest absolute Gasteiger partial charge is 0.305 e. The van der Waals surface area contributed by atoms with Crippen molar-refractivity contribution in [2.24, 2.45) is 0 Å². The molecular formula is C18H19N5OS. The first-order valence-corrected chi connectivity index (χ1v) is 9.31. The van der Waals surface area contributed by atoms with Crippen LogP contribution in [-0.4, -0.2) is 25.7 Å². The number of para-hydroxylation sites is 2. The van der Waals surface area contributed by atoms with E-state index in [4.69, 9.17) is 5.10 Å². The van der Waals surface area contributed by atoms with Crippen molar-refractivity contribution in [3.05, 3.63) is 47.4 Å². The molecule has 1 N–H and O–H groups in total. The highest BCUT2D eigenvalue weighted by atomic mass is 32.2. The lowest BCUT2D eigenvalue weighted by Crippen LogP contribution is -2.27. The van der Waals surface area contributed by atoms with Crippen LogP contribution in [0.25, 0.3) is 11.0 Å². The first-order valence-electron chi connectivity index (χ1n) is 8.15. The standard InChI is InChI=1S/C18H19N5OS/c1-18(2,3)23-16(11-9-25-10-15(11)22-23)21-17(24)14-8-19-12-6-4-5-7-13(12)20-14/h4-8H,9-10H2,1-3H3,(H,21,24). The summed E-state index contributed by atoms with van der Waals surface area (Å²) in [5.74, 6) is 2.26. The monoisotopic (exact) mass is 353 g/mol. The molecule has 2 aromatic heterocycles. The van der Waals surface area contributed by atoms with Crippen molar-refractivity contribution in [3.8, 4) is 0 Å².